The van der Waals surface area contributed by atoms with Gasteiger partial charge in [-0.25, -0.2) is 9.97 Å². The normalized spacial score (nSPS) is 12.3. The van der Waals surface area contributed by atoms with Gasteiger partial charge in [0.2, 0.25) is 0 Å². The van der Waals surface area contributed by atoms with Gasteiger partial charge in [0.25, 0.3) is 0 Å². The van der Waals surface area contributed by atoms with Gasteiger partial charge in [0, 0.05) is 37.2 Å². The predicted octanol–water partition coefficient (Wildman–Crippen LogP) is 14.5. The van der Waals surface area contributed by atoms with Crippen molar-refractivity contribution < 1.29 is 0 Å². The summed E-state index contributed by atoms with van der Waals surface area (Å²) < 4.78 is 3.63. The van der Waals surface area contributed by atoms with E-state index < -0.39 is 0 Å². The number of fused-ring (bicyclic) bond motifs is 18. The van der Waals surface area contributed by atoms with E-state index in [1.54, 1.807) is 11.3 Å². The van der Waals surface area contributed by atoms with Crippen molar-refractivity contribution in [3.8, 4) is 17.1 Å². The van der Waals surface area contributed by atoms with E-state index in [0.717, 1.165) is 49.2 Å². The Morgan fingerprint density at radius 3 is 1.71 bits per heavy atom. The molecule has 3 aromatic heterocycles. The highest BCUT2D eigenvalue weighted by Gasteiger charge is 2.25. The lowest BCUT2D eigenvalue weighted by atomic mass is 9.91. The van der Waals surface area contributed by atoms with Crippen molar-refractivity contribution in [2.75, 3.05) is 0 Å². The number of rotatable bonds is 2. The summed E-state index contributed by atoms with van der Waals surface area (Å²) in [5, 5.41) is 18.3. The molecule has 0 atom stereocenters. The summed E-state index contributed by atoms with van der Waals surface area (Å²) >= 11 is 1.72. The van der Waals surface area contributed by atoms with Crippen molar-refractivity contribution in [1.82, 2.24) is 14.5 Å². The highest BCUT2D eigenvalue weighted by atomic mass is 32.1. The van der Waals surface area contributed by atoms with Gasteiger partial charge in [0.15, 0.2) is 5.82 Å². The molecule has 258 valence electrons. The van der Waals surface area contributed by atoms with Crippen molar-refractivity contribution in [3.63, 3.8) is 0 Å². The minimum atomic E-state index is 0.835. The molecule has 0 aliphatic heterocycles. The Bertz CT molecular complexity index is 3800. The van der Waals surface area contributed by atoms with E-state index in [0.29, 0.717) is 0 Å². The van der Waals surface area contributed by atoms with Gasteiger partial charge in [0.05, 0.1) is 11.0 Å². The van der Waals surface area contributed by atoms with Gasteiger partial charge in [-0.05, 0) is 72.1 Å². The first-order valence-electron chi connectivity index (χ1n) is 19.1. The second-order valence-electron chi connectivity index (χ2n) is 14.8. The summed E-state index contributed by atoms with van der Waals surface area (Å²) in [6.07, 6.45) is 0. The van der Waals surface area contributed by atoms with Gasteiger partial charge in [-0.2, -0.15) is 0 Å². The zero-order valence-corrected chi connectivity index (χ0v) is 30.8. The maximum atomic E-state index is 5.78. The van der Waals surface area contributed by atoms with Crippen LogP contribution in [0.1, 0.15) is 0 Å². The van der Waals surface area contributed by atoms with E-state index in [4.69, 9.17) is 9.97 Å². The van der Waals surface area contributed by atoms with Gasteiger partial charge < -0.3 is 0 Å². The van der Waals surface area contributed by atoms with Crippen LogP contribution >= 0.6 is 11.3 Å². The first kappa shape index (κ1) is 30.2. The SMILES string of the molecule is c1ccc2c(c1)cc(-c1nc3sc4ccccc4c3nc1-n1c3ccc4c5ccccc5c5ccccc5c4c3c3ccc4ccccc4c31)c1ccccc12. The third-order valence-electron chi connectivity index (χ3n) is 12.0. The van der Waals surface area contributed by atoms with E-state index in [2.05, 4.69) is 180 Å². The summed E-state index contributed by atoms with van der Waals surface area (Å²) in [5.74, 6) is 0.835. The lowest BCUT2D eigenvalue weighted by Crippen LogP contribution is -2.04. The lowest BCUT2D eigenvalue weighted by Gasteiger charge is -2.16. The second kappa shape index (κ2) is 11.2. The monoisotopic (exact) mass is 727 g/mol. The maximum absolute atomic E-state index is 5.78. The molecular formula is C52H29N3S. The zero-order chi connectivity index (χ0) is 36.5. The molecule has 0 bridgehead atoms. The fourth-order valence-electron chi connectivity index (χ4n) is 9.58. The molecule has 10 aromatic carbocycles. The molecule has 13 aromatic rings. The predicted molar refractivity (Wildman–Crippen MR) is 240 cm³/mol. The summed E-state index contributed by atoms with van der Waals surface area (Å²) in [6, 6.07) is 64.1. The molecule has 56 heavy (non-hydrogen) atoms. The van der Waals surface area contributed by atoms with Crippen LogP contribution in [0.4, 0.5) is 0 Å². The van der Waals surface area contributed by atoms with E-state index in [-0.39, 0.29) is 0 Å². The third-order valence-corrected chi connectivity index (χ3v) is 13.0. The van der Waals surface area contributed by atoms with Crippen LogP contribution in [0.3, 0.4) is 0 Å². The van der Waals surface area contributed by atoms with E-state index in [9.17, 15) is 0 Å². The first-order valence-corrected chi connectivity index (χ1v) is 19.9. The molecule has 0 aliphatic rings. The van der Waals surface area contributed by atoms with Crippen LogP contribution in [0.15, 0.2) is 176 Å². The molecule has 4 heteroatoms. The Morgan fingerprint density at radius 2 is 0.946 bits per heavy atom. The van der Waals surface area contributed by atoms with Crippen LogP contribution in [-0.4, -0.2) is 14.5 Å². The highest BCUT2D eigenvalue weighted by Crippen LogP contribution is 2.47. The van der Waals surface area contributed by atoms with Gasteiger partial charge in [-0.3, -0.25) is 4.57 Å². The molecule has 0 saturated heterocycles. The maximum Gasteiger partial charge on any atom is 0.165 e. The van der Waals surface area contributed by atoms with Crippen LogP contribution in [0.25, 0.3) is 124 Å². The second-order valence-corrected chi connectivity index (χ2v) is 15.9. The summed E-state index contributed by atoms with van der Waals surface area (Å²) in [5.41, 5.74) is 5.14. The summed E-state index contributed by atoms with van der Waals surface area (Å²) in [7, 11) is 0. The average Bonchev–Trinajstić information content (AvgIpc) is 3.81. The molecule has 13 rings (SSSR count). The van der Waals surface area contributed by atoms with Crippen molar-refractivity contribution in [2.45, 2.75) is 0 Å². The molecule has 0 unspecified atom stereocenters. The number of nitrogens with zero attached hydrogens (tertiary/aromatic N) is 3. The Balaban J connectivity index is 1.29. The molecule has 3 nitrogen and oxygen atoms in total. The fraction of sp³-hybridized carbons (Fsp3) is 0. The number of thiophene rings is 1. The number of hydrogen-bond donors (Lipinski definition) is 0. The molecule has 0 N–H and O–H groups in total. The van der Waals surface area contributed by atoms with Crippen molar-refractivity contribution in [1.29, 1.82) is 0 Å². The molecule has 0 spiro atoms. The highest BCUT2D eigenvalue weighted by molar-refractivity contribution is 7.25. The van der Waals surface area contributed by atoms with Gasteiger partial charge in [-0.1, -0.05) is 158 Å². The quantitative estimate of drug-likeness (QED) is 0.166. The van der Waals surface area contributed by atoms with Crippen molar-refractivity contribution in [2.24, 2.45) is 0 Å². The average molecular weight is 728 g/mol. The van der Waals surface area contributed by atoms with Crippen molar-refractivity contribution >= 4 is 118 Å². The molecule has 0 saturated carbocycles. The van der Waals surface area contributed by atoms with Crippen LogP contribution in [0, 0.1) is 0 Å². The minimum Gasteiger partial charge on any atom is -0.291 e. The van der Waals surface area contributed by atoms with E-state index in [1.807, 2.05) is 0 Å². The summed E-state index contributed by atoms with van der Waals surface area (Å²) in [6.45, 7) is 0. The van der Waals surface area contributed by atoms with Crippen LogP contribution in [0.5, 0.6) is 0 Å². The van der Waals surface area contributed by atoms with Crippen LogP contribution in [-0.2, 0) is 0 Å². The Morgan fingerprint density at radius 1 is 0.393 bits per heavy atom. The Kier molecular flexibility index (Phi) is 6.04. The number of aromatic nitrogens is 3. The summed E-state index contributed by atoms with van der Waals surface area (Å²) in [4.78, 5) is 12.4. The molecular weight excluding hydrogens is 699 g/mol. The Hall–Kier alpha value is -7.14. The fourth-order valence-corrected chi connectivity index (χ4v) is 10.6. The third kappa shape index (κ3) is 4.01. The van der Waals surface area contributed by atoms with E-state index >= 15 is 0 Å². The van der Waals surface area contributed by atoms with Crippen LogP contribution in [0.2, 0.25) is 0 Å². The van der Waals surface area contributed by atoms with E-state index in [1.165, 1.54) is 74.7 Å². The molecule has 0 fully saturated rings. The first-order chi connectivity index (χ1) is 27.8. The van der Waals surface area contributed by atoms with Crippen LogP contribution < -0.4 is 0 Å². The van der Waals surface area contributed by atoms with Gasteiger partial charge in [-0.15, -0.1) is 11.3 Å². The molecule has 0 aliphatic carbocycles. The zero-order valence-electron chi connectivity index (χ0n) is 30.0. The standard InChI is InChI=1S/C52H29N3S/c1-4-16-33-30(13-1)25-26-42-47-44(28-27-40-37-20-7-6-18-35(37)36-19-9-10-22-39(36)46(40)47)55(50(33)42)51-48(54-52-49(53-51)41-23-11-12-24-45(41)56-52)43-29-31-14-2-3-15-32(31)34-17-5-8-21-38(34)43/h1-29H. The smallest absolute Gasteiger partial charge is 0.165 e. The molecule has 0 radical (unpaired) electrons. The number of hydrogen-bond acceptors (Lipinski definition) is 3. The topological polar surface area (TPSA) is 30.7 Å². The minimum absolute atomic E-state index is 0.835. The molecule has 3 heterocycles. The largest absolute Gasteiger partial charge is 0.291 e. The van der Waals surface area contributed by atoms with Gasteiger partial charge in [0.1, 0.15) is 16.0 Å². The molecule has 0 amide bonds. The van der Waals surface area contributed by atoms with Gasteiger partial charge >= 0.3 is 0 Å². The number of benzene rings is 10. The lowest BCUT2D eigenvalue weighted by molar-refractivity contribution is 1.09. The van der Waals surface area contributed by atoms with Crippen molar-refractivity contribution in [3.05, 3.63) is 176 Å². The Labute approximate surface area is 324 Å².